The molecule has 0 aromatic heterocycles. The molecule has 0 radical (unpaired) electrons. The van der Waals surface area contributed by atoms with Crippen molar-refractivity contribution in [1.29, 1.82) is 0 Å². The van der Waals surface area contributed by atoms with E-state index in [-0.39, 0.29) is 5.60 Å². The van der Waals surface area contributed by atoms with Crippen LogP contribution in [-0.2, 0) is 4.74 Å². The quantitative estimate of drug-likeness (QED) is 0.769. The van der Waals surface area contributed by atoms with Gasteiger partial charge in [-0.25, -0.2) is 0 Å². The maximum atomic E-state index is 5.70. The van der Waals surface area contributed by atoms with Gasteiger partial charge in [0, 0.05) is 12.8 Å². The van der Waals surface area contributed by atoms with Crippen LogP contribution in [0.2, 0.25) is 0 Å². The molecule has 1 saturated heterocycles. The Hall–Kier alpha value is -1.55. The fourth-order valence-electron chi connectivity index (χ4n) is 2.51. The second-order valence-corrected chi connectivity index (χ2v) is 5.65. The topological polar surface area (TPSA) is 40.0 Å². The third-order valence-corrected chi connectivity index (χ3v) is 3.50. The lowest BCUT2D eigenvalue weighted by atomic mass is 9.94. The van der Waals surface area contributed by atoms with Crippen LogP contribution in [0.25, 0.3) is 0 Å². The van der Waals surface area contributed by atoms with Crippen LogP contribution in [0, 0.1) is 0 Å². The Morgan fingerprint density at radius 3 is 2.95 bits per heavy atom. The zero-order chi connectivity index (χ0) is 13.3. The summed E-state index contributed by atoms with van der Waals surface area (Å²) in [6.45, 7) is 5.34. The van der Waals surface area contributed by atoms with Crippen LogP contribution in [-0.4, -0.2) is 31.3 Å². The Morgan fingerprint density at radius 1 is 1.26 bits per heavy atom. The zero-order valence-electron chi connectivity index (χ0n) is 11.4. The summed E-state index contributed by atoms with van der Waals surface area (Å²) in [7, 11) is 0. The maximum absolute atomic E-state index is 5.70. The summed E-state index contributed by atoms with van der Waals surface area (Å²) in [5.74, 6) is 1.61. The molecule has 19 heavy (non-hydrogen) atoms. The SMILES string of the molecule is CC1(C)C[C@H](N=Cc2ccc3c(c2)OCO3)CCO1. The van der Waals surface area contributed by atoms with Gasteiger partial charge in [0.05, 0.1) is 11.6 Å². The molecule has 0 amide bonds. The van der Waals surface area contributed by atoms with Crippen molar-refractivity contribution < 1.29 is 14.2 Å². The van der Waals surface area contributed by atoms with Gasteiger partial charge in [0.15, 0.2) is 11.5 Å². The second-order valence-electron chi connectivity index (χ2n) is 5.65. The molecule has 1 aromatic carbocycles. The van der Waals surface area contributed by atoms with Crippen molar-refractivity contribution in [3.63, 3.8) is 0 Å². The number of aliphatic imine (C=N–C) groups is 1. The summed E-state index contributed by atoms with van der Waals surface area (Å²) in [5.41, 5.74) is 0.989. The largest absolute Gasteiger partial charge is 0.454 e. The van der Waals surface area contributed by atoms with Crippen molar-refractivity contribution in [2.45, 2.75) is 38.3 Å². The van der Waals surface area contributed by atoms with Gasteiger partial charge < -0.3 is 14.2 Å². The molecule has 0 spiro atoms. The fraction of sp³-hybridized carbons (Fsp3) is 0.533. The highest BCUT2D eigenvalue weighted by molar-refractivity contribution is 5.81. The summed E-state index contributed by atoms with van der Waals surface area (Å²) < 4.78 is 16.3. The van der Waals surface area contributed by atoms with Crippen molar-refractivity contribution in [2.24, 2.45) is 4.99 Å². The van der Waals surface area contributed by atoms with Crippen LogP contribution in [0.3, 0.4) is 0 Å². The van der Waals surface area contributed by atoms with Crippen LogP contribution in [0.4, 0.5) is 0 Å². The van der Waals surface area contributed by atoms with Crippen molar-refractivity contribution in [3.8, 4) is 11.5 Å². The first-order chi connectivity index (χ1) is 9.12. The van der Waals surface area contributed by atoms with Crippen LogP contribution in [0.1, 0.15) is 32.3 Å². The summed E-state index contributed by atoms with van der Waals surface area (Å²) in [6.07, 6.45) is 3.88. The number of ether oxygens (including phenoxy) is 3. The number of benzene rings is 1. The van der Waals surface area contributed by atoms with Crippen molar-refractivity contribution in [1.82, 2.24) is 0 Å². The first kappa shape index (κ1) is 12.5. The third-order valence-electron chi connectivity index (χ3n) is 3.50. The van der Waals surface area contributed by atoms with Gasteiger partial charge in [-0.05, 0) is 50.5 Å². The third kappa shape index (κ3) is 2.89. The molecule has 1 fully saturated rings. The monoisotopic (exact) mass is 261 g/mol. The number of fused-ring (bicyclic) bond motifs is 1. The molecular formula is C15H19NO3. The second kappa shape index (κ2) is 4.85. The highest BCUT2D eigenvalue weighted by Crippen LogP contribution is 2.32. The number of nitrogens with zero attached hydrogens (tertiary/aromatic N) is 1. The fourth-order valence-corrected chi connectivity index (χ4v) is 2.51. The van der Waals surface area contributed by atoms with Crippen molar-refractivity contribution in [3.05, 3.63) is 23.8 Å². The normalized spacial score (nSPS) is 24.8. The number of hydrogen-bond acceptors (Lipinski definition) is 4. The molecule has 2 aliphatic rings. The molecule has 2 aliphatic heterocycles. The molecule has 4 heteroatoms. The molecule has 0 N–H and O–H groups in total. The smallest absolute Gasteiger partial charge is 0.231 e. The molecule has 0 unspecified atom stereocenters. The molecule has 1 aromatic rings. The van der Waals surface area contributed by atoms with Gasteiger partial charge in [0.2, 0.25) is 6.79 Å². The highest BCUT2D eigenvalue weighted by Gasteiger charge is 2.28. The molecule has 2 heterocycles. The van der Waals surface area contributed by atoms with Gasteiger partial charge in [-0.1, -0.05) is 0 Å². The van der Waals surface area contributed by atoms with E-state index in [2.05, 4.69) is 18.8 Å². The van der Waals surface area contributed by atoms with E-state index in [1.807, 2.05) is 24.4 Å². The molecule has 0 aliphatic carbocycles. The van der Waals surface area contributed by atoms with Gasteiger partial charge in [0.1, 0.15) is 0 Å². The van der Waals surface area contributed by atoms with E-state index in [0.717, 1.165) is 36.5 Å². The van der Waals surface area contributed by atoms with Gasteiger partial charge in [-0.15, -0.1) is 0 Å². The molecule has 102 valence electrons. The summed E-state index contributed by atoms with van der Waals surface area (Å²) in [6, 6.07) is 6.24. The molecule has 1 atom stereocenters. The lowest BCUT2D eigenvalue weighted by Gasteiger charge is -2.33. The van der Waals surface area contributed by atoms with Gasteiger partial charge in [0.25, 0.3) is 0 Å². The summed E-state index contributed by atoms with van der Waals surface area (Å²) in [5, 5.41) is 0. The van der Waals surface area contributed by atoms with E-state index < -0.39 is 0 Å². The highest BCUT2D eigenvalue weighted by atomic mass is 16.7. The first-order valence-electron chi connectivity index (χ1n) is 6.69. The first-order valence-corrected chi connectivity index (χ1v) is 6.69. The molecule has 4 nitrogen and oxygen atoms in total. The van der Waals surface area contributed by atoms with Gasteiger partial charge in [-0.3, -0.25) is 4.99 Å². The Bertz CT molecular complexity index is 496. The van der Waals surface area contributed by atoms with Crippen molar-refractivity contribution >= 4 is 6.21 Å². The Balaban J connectivity index is 1.69. The van der Waals surface area contributed by atoms with E-state index in [1.165, 1.54) is 0 Å². The average molecular weight is 261 g/mol. The number of hydrogen-bond donors (Lipinski definition) is 0. The van der Waals surface area contributed by atoms with Gasteiger partial charge in [-0.2, -0.15) is 0 Å². The zero-order valence-corrected chi connectivity index (χ0v) is 11.4. The molecular weight excluding hydrogens is 242 g/mol. The number of rotatable bonds is 2. The predicted molar refractivity (Wildman–Crippen MR) is 73.2 cm³/mol. The van der Waals surface area contributed by atoms with Crippen LogP contribution >= 0.6 is 0 Å². The minimum Gasteiger partial charge on any atom is -0.454 e. The Morgan fingerprint density at radius 2 is 2.11 bits per heavy atom. The summed E-state index contributed by atoms with van der Waals surface area (Å²) >= 11 is 0. The lowest BCUT2D eigenvalue weighted by Crippen LogP contribution is -2.35. The predicted octanol–water partition coefficient (Wildman–Crippen LogP) is 2.79. The van der Waals surface area contributed by atoms with Gasteiger partial charge >= 0.3 is 0 Å². The van der Waals surface area contributed by atoms with Crippen molar-refractivity contribution in [2.75, 3.05) is 13.4 Å². The minimum absolute atomic E-state index is 0.0604. The standard InChI is InChI=1S/C15H19NO3/c1-15(2)8-12(5-6-19-15)16-9-11-3-4-13-14(7-11)18-10-17-13/h3-4,7,9,12H,5-6,8,10H2,1-2H3/t12-/m1/s1. The van der Waals surface area contributed by atoms with E-state index in [0.29, 0.717) is 12.8 Å². The maximum Gasteiger partial charge on any atom is 0.231 e. The minimum atomic E-state index is -0.0604. The van der Waals surface area contributed by atoms with Crippen LogP contribution in [0.15, 0.2) is 23.2 Å². The lowest BCUT2D eigenvalue weighted by molar-refractivity contribution is -0.0574. The van der Waals surface area contributed by atoms with E-state index in [9.17, 15) is 0 Å². The molecule has 3 rings (SSSR count). The van der Waals surface area contributed by atoms with Crippen LogP contribution in [0.5, 0.6) is 11.5 Å². The van der Waals surface area contributed by atoms with Crippen LogP contribution < -0.4 is 9.47 Å². The molecule has 0 saturated carbocycles. The Kier molecular flexibility index (Phi) is 3.19. The van der Waals surface area contributed by atoms with E-state index in [4.69, 9.17) is 14.2 Å². The van der Waals surface area contributed by atoms with E-state index in [1.54, 1.807) is 0 Å². The summed E-state index contributed by atoms with van der Waals surface area (Å²) in [4.78, 5) is 4.67. The molecule has 0 bridgehead atoms. The Labute approximate surface area is 113 Å². The average Bonchev–Trinajstić information content (AvgIpc) is 2.82. The van der Waals surface area contributed by atoms with E-state index >= 15 is 0 Å².